The Balaban J connectivity index is 1.12. The van der Waals surface area contributed by atoms with E-state index in [-0.39, 0.29) is 10.8 Å². The maximum absolute atomic E-state index is 5.95. The van der Waals surface area contributed by atoms with Crippen LogP contribution >= 0.6 is 0 Å². The zero-order valence-electron chi connectivity index (χ0n) is 22.4. The average Bonchev–Trinajstić information content (AvgIpc) is 3.53. The predicted octanol–water partition coefficient (Wildman–Crippen LogP) is 4.21. The van der Waals surface area contributed by atoms with Crippen molar-refractivity contribution in [1.82, 2.24) is 29.6 Å². The molecule has 36 heavy (non-hydrogen) atoms. The molecular formula is C28H39N7O. The molecule has 2 aromatic heterocycles. The number of rotatable bonds is 8. The lowest BCUT2D eigenvalue weighted by Gasteiger charge is -2.36. The lowest BCUT2D eigenvalue weighted by molar-refractivity contribution is 0.215. The van der Waals surface area contributed by atoms with Gasteiger partial charge in [0, 0.05) is 62.2 Å². The second kappa shape index (κ2) is 9.81. The van der Waals surface area contributed by atoms with Crippen LogP contribution < -0.4 is 9.64 Å². The smallest absolute Gasteiger partial charge is 0.316 e. The molecule has 0 N–H and O–H groups in total. The van der Waals surface area contributed by atoms with Crippen molar-refractivity contribution in [2.45, 2.75) is 57.8 Å². The van der Waals surface area contributed by atoms with Crippen molar-refractivity contribution in [3.8, 4) is 17.4 Å². The van der Waals surface area contributed by atoms with Crippen molar-refractivity contribution in [3.05, 3.63) is 47.9 Å². The molecular weight excluding hydrogens is 450 g/mol. The SMILES string of the molecule is Cn1c(OCCCN2CCN(c3cc(C4(C)CC4)nc(C(C)(C)C)n3)CC2)nnc1-c1ccccc1. The Kier molecular flexibility index (Phi) is 6.72. The van der Waals surface area contributed by atoms with Crippen molar-refractivity contribution in [1.29, 1.82) is 0 Å². The third kappa shape index (κ3) is 5.38. The molecule has 1 aliphatic carbocycles. The highest BCUT2D eigenvalue weighted by atomic mass is 16.5. The molecule has 2 fully saturated rings. The molecule has 3 heterocycles. The molecule has 3 aromatic rings. The number of hydrogen-bond acceptors (Lipinski definition) is 7. The number of piperazine rings is 1. The molecule has 1 aliphatic heterocycles. The van der Waals surface area contributed by atoms with Crippen molar-refractivity contribution in [2.24, 2.45) is 7.05 Å². The summed E-state index contributed by atoms with van der Waals surface area (Å²) in [4.78, 5) is 14.9. The molecule has 0 spiro atoms. The van der Waals surface area contributed by atoms with Crippen LogP contribution in [0.1, 0.15) is 58.5 Å². The molecule has 192 valence electrons. The molecule has 1 aromatic carbocycles. The first-order valence-corrected chi connectivity index (χ1v) is 13.2. The van der Waals surface area contributed by atoms with Crippen LogP contribution in [-0.2, 0) is 17.9 Å². The van der Waals surface area contributed by atoms with Crippen LogP contribution in [0.15, 0.2) is 36.4 Å². The number of ether oxygens (including phenoxy) is 1. The Bertz CT molecular complexity index is 1150. The van der Waals surface area contributed by atoms with Gasteiger partial charge >= 0.3 is 6.01 Å². The fraction of sp³-hybridized carbons (Fsp3) is 0.571. The summed E-state index contributed by atoms with van der Waals surface area (Å²) in [5.74, 6) is 2.87. The highest BCUT2D eigenvalue weighted by Crippen LogP contribution is 2.47. The van der Waals surface area contributed by atoms with Gasteiger partial charge in [0.1, 0.15) is 11.6 Å². The Morgan fingerprint density at radius 1 is 0.972 bits per heavy atom. The topological polar surface area (TPSA) is 72.2 Å². The van der Waals surface area contributed by atoms with Gasteiger partial charge in [-0.2, -0.15) is 0 Å². The normalized spacial score (nSPS) is 17.9. The molecule has 0 atom stereocenters. The van der Waals surface area contributed by atoms with Crippen LogP contribution in [0.3, 0.4) is 0 Å². The number of hydrogen-bond donors (Lipinski definition) is 0. The molecule has 0 amide bonds. The van der Waals surface area contributed by atoms with Gasteiger partial charge in [0.05, 0.1) is 12.3 Å². The quantitative estimate of drug-likeness (QED) is 0.439. The zero-order chi connectivity index (χ0) is 25.3. The van der Waals surface area contributed by atoms with Gasteiger partial charge < -0.3 is 9.64 Å². The minimum atomic E-state index is -0.0532. The summed E-state index contributed by atoms with van der Waals surface area (Å²) in [6.07, 6.45) is 3.41. The summed E-state index contributed by atoms with van der Waals surface area (Å²) in [6.45, 7) is 14.6. The van der Waals surface area contributed by atoms with E-state index in [1.165, 1.54) is 18.5 Å². The first-order chi connectivity index (χ1) is 17.2. The van der Waals surface area contributed by atoms with E-state index < -0.39 is 0 Å². The van der Waals surface area contributed by atoms with E-state index in [0.717, 1.165) is 62.2 Å². The second-order valence-electron chi connectivity index (χ2n) is 11.5. The summed E-state index contributed by atoms with van der Waals surface area (Å²) in [7, 11) is 1.95. The monoisotopic (exact) mass is 489 g/mol. The number of aromatic nitrogens is 5. The van der Waals surface area contributed by atoms with E-state index in [2.05, 4.69) is 53.8 Å². The largest absolute Gasteiger partial charge is 0.464 e. The third-order valence-corrected chi connectivity index (χ3v) is 7.41. The molecule has 0 bridgehead atoms. The lowest BCUT2D eigenvalue weighted by atomic mass is 9.94. The maximum Gasteiger partial charge on any atom is 0.316 e. The van der Waals surface area contributed by atoms with Crippen LogP contribution in [0.25, 0.3) is 11.4 Å². The molecule has 8 nitrogen and oxygen atoms in total. The van der Waals surface area contributed by atoms with Gasteiger partial charge in [-0.1, -0.05) is 63.1 Å². The molecule has 2 aliphatic rings. The van der Waals surface area contributed by atoms with Gasteiger partial charge in [0.25, 0.3) is 0 Å². The van der Waals surface area contributed by atoms with E-state index in [1.807, 2.05) is 41.9 Å². The summed E-state index contributed by atoms with van der Waals surface area (Å²) in [6, 6.07) is 12.9. The van der Waals surface area contributed by atoms with E-state index in [0.29, 0.717) is 12.6 Å². The van der Waals surface area contributed by atoms with E-state index in [9.17, 15) is 0 Å². The highest BCUT2D eigenvalue weighted by Gasteiger charge is 2.41. The van der Waals surface area contributed by atoms with Crippen LogP contribution in [-0.4, -0.2) is 69.0 Å². The third-order valence-electron chi connectivity index (χ3n) is 7.41. The number of nitrogens with zero attached hydrogens (tertiary/aromatic N) is 7. The van der Waals surface area contributed by atoms with Gasteiger partial charge in [0.2, 0.25) is 0 Å². The number of anilines is 1. The summed E-state index contributed by atoms with van der Waals surface area (Å²) in [5.41, 5.74) is 2.44. The molecule has 1 saturated carbocycles. The van der Waals surface area contributed by atoms with Crippen molar-refractivity contribution < 1.29 is 4.74 Å². The average molecular weight is 490 g/mol. The van der Waals surface area contributed by atoms with Crippen LogP contribution in [0.2, 0.25) is 0 Å². The Hall–Kier alpha value is -3.00. The summed E-state index contributed by atoms with van der Waals surface area (Å²) in [5, 5.41) is 8.53. The Morgan fingerprint density at radius 3 is 2.36 bits per heavy atom. The van der Waals surface area contributed by atoms with Crippen molar-refractivity contribution in [2.75, 3.05) is 44.2 Å². The van der Waals surface area contributed by atoms with E-state index >= 15 is 0 Å². The van der Waals surface area contributed by atoms with Crippen LogP contribution in [0, 0.1) is 0 Å². The summed E-state index contributed by atoms with van der Waals surface area (Å²) < 4.78 is 7.87. The molecule has 1 saturated heterocycles. The minimum absolute atomic E-state index is 0.0532. The van der Waals surface area contributed by atoms with E-state index in [4.69, 9.17) is 14.7 Å². The standard InChI is InChI=1S/C28H39N7O/c1-27(2,3)25-29-22(28(4)12-13-28)20-23(30-25)35-17-15-34(16-18-35)14-9-19-36-26-32-31-24(33(26)5)21-10-7-6-8-11-21/h6-8,10-11,20H,9,12-19H2,1-5H3. The fourth-order valence-corrected chi connectivity index (χ4v) is 4.62. The van der Waals surface area contributed by atoms with Crippen molar-refractivity contribution in [3.63, 3.8) is 0 Å². The lowest BCUT2D eigenvalue weighted by Crippen LogP contribution is -2.47. The minimum Gasteiger partial charge on any atom is -0.464 e. The molecule has 8 heteroatoms. The van der Waals surface area contributed by atoms with Crippen molar-refractivity contribution >= 4 is 5.82 Å². The predicted molar refractivity (Wildman–Crippen MR) is 143 cm³/mol. The van der Waals surface area contributed by atoms with Gasteiger partial charge in [-0.25, -0.2) is 9.97 Å². The van der Waals surface area contributed by atoms with Crippen LogP contribution in [0.4, 0.5) is 5.82 Å². The van der Waals surface area contributed by atoms with Gasteiger partial charge in [-0.3, -0.25) is 9.47 Å². The highest BCUT2D eigenvalue weighted by molar-refractivity contribution is 5.55. The van der Waals surface area contributed by atoms with Gasteiger partial charge in [-0.05, 0) is 19.3 Å². The first kappa shape index (κ1) is 24.7. The second-order valence-corrected chi connectivity index (χ2v) is 11.5. The Morgan fingerprint density at radius 2 is 1.69 bits per heavy atom. The van der Waals surface area contributed by atoms with E-state index in [1.54, 1.807) is 0 Å². The zero-order valence-corrected chi connectivity index (χ0v) is 22.4. The Labute approximate surface area is 214 Å². The molecule has 5 rings (SSSR count). The number of benzene rings is 1. The maximum atomic E-state index is 5.95. The van der Waals surface area contributed by atoms with Gasteiger partial charge in [-0.15, -0.1) is 5.10 Å². The summed E-state index contributed by atoms with van der Waals surface area (Å²) >= 11 is 0. The molecule has 0 unspecified atom stereocenters. The molecule has 0 radical (unpaired) electrons. The first-order valence-electron chi connectivity index (χ1n) is 13.2. The fourth-order valence-electron chi connectivity index (χ4n) is 4.62. The van der Waals surface area contributed by atoms with Crippen LogP contribution in [0.5, 0.6) is 6.01 Å². The van der Waals surface area contributed by atoms with Gasteiger partial charge in [0.15, 0.2) is 5.82 Å².